The van der Waals surface area contributed by atoms with E-state index in [1.54, 1.807) is 6.92 Å². The van der Waals surface area contributed by atoms with Crippen molar-refractivity contribution in [2.45, 2.75) is 27.3 Å². The van der Waals surface area contributed by atoms with E-state index in [2.05, 4.69) is 47.1 Å². The molecule has 0 spiro atoms. The Morgan fingerprint density at radius 3 is 2.70 bits per heavy atom. The zero-order valence-electron chi connectivity index (χ0n) is 12.5. The quantitative estimate of drug-likeness (QED) is 0.810. The van der Waals surface area contributed by atoms with Gasteiger partial charge in [0.2, 0.25) is 11.8 Å². The van der Waals surface area contributed by atoms with Gasteiger partial charge in [0.1, 0.15) is 12.4 Å². The summed E-state index contributed by atoms with van der Waals surface area (Å²) in [6.45, 7) is 7.98. The fraction of sp³-hybridized carbons (Fsp3) is 0.467. The van der Waals surface area contributed by atoms with Crippen LogP contribution in [0.3, 0.4) is 0 Å². The van der Waals surface area contributed by atoms with Crippen molar-refractivity contribution in [3.63, 3.8) is 0 Å². The molecule has 0 saturated carbocycles. The van der Waals surface area contributed by atoms with Gasteiger partial charge in [0.05, 0.1) is 6.54 Å². The summed E-state index contributed by atoms with van der Waals surface area (Å²) in [6, 6.07) is 6.23. The summed E-state index contributed by atoms with van der Waals surface area (Å²) in [5.41, 5.74) is 2.37. The van der Waals surface area contributed by atoms with Crippen LogP contribution in [-0.2, 0) is 6.54 Å². The largest absolute Gasteiger partial charge is 0.492 e. The van der Waals surface area contributed by atoms with Crippen LogP contribution < -0.4 is 4.74 Å². The van der Waals surface area contributed by atoms with Crippen LogP contribution in [-0.4, -0.2) is 35.3 Å². The van der Waals surface area contributed by atoms with Crippen LogP contribution in [0.2, 0.25) is 0 Å². The number of likely N-dealkylation sites (N-methyl/N-ethyl adjacent to an activating group) is 1. The molecule has 0 radical (unpaired) electrons. The number of ether oxygens (including phenoxy) is 1. The average molecular weight is 275 g/mol. The van der Waals surface area contributed by atoms with Gasteiger partial charge >= 0.3 is 0 Å². The first kappa shape index (κ1) is 14.5. The molecule has 0 aliphatic carbocycles. The van der Waals surface area contributed by atoms with Gasteiger partial charge in [-0.2, -0.15) is 0 Å². The first-order valence-electron chi connectivity index (χ1n) is 6.72. The smallest absolute Gasteiger partial charge is 0.230 e. The number of hydrogen-bond donors (Lipinski definition) is 0. The molecule has 0 saturated heterocycles. The summed E-state index contributed by atoms with van der Waals surface area (Å²) in [6.07, 6.45) is 0. The summed E-state index contributed by atoms with van der Waals surface area (Å²) in [5.74, 6) is 2.18. The topological polar surface area (TPSA) is 51.4 Å². The van der Waals surface area contributed by atoms with Crippen LogP contribution in [0, 0.1) is 20.8 Å². The standard InChI is InChI=1S/C15H21N3O2/c1-11-5-6-12(2)14(9-11)19-8-7-18(4)10-15-17-16-13(3)20-15/h5-6,9H,7-8,10H2,1-4H3. The molecule has 0 amide bonds. The minimum atomic E-state index is 0.597. The van der Waals surface area contributed by atoms with Gasteiger partial charge in [-0.05, 0) is 38.1 Å². The predicted octanol–water partition coefficient (Wildman–Crippen LogP) is 2.51. The minimum absolute atomic E-state index is 0.597. The van der Waals surface area contributed by atoms with Crippen molar-refractivity contribution in [1.82, 2.24) is 15.1 Å². The van der Waals surface area contributed by atoms with Crippen LogP contribution in [0.1, 0.15) is 22.9 Å². The molecule has 108 valence electrons. The number of aryl methyl sites for hydroxylation is 3. The van der Waals surface area contributed by atoms with Crippen molar-refractivity contribution in [3.8, 4) is 5.75 Å². The van der Waals surface area contributed by atoms with E-state index in [9.17, 15) is 0 Å². The maximum absolute atomic E-state index is 5.82. The summed E-state index contributed by atoms with van der Waals surface area (Å²) in [7, 11) is 2.01. The SMILES string of the molecule is Cc1ccc(C)c(OCCN(C)Cc2nnc(C)o2)c1. The van der Waals surface area contributed by atoms with Crippen LogP contribution in [0.25, 0.3) is 0 Å². The Morgan fingerprint density at radius 1 is 1.20 bits per heavy atom. The minimum Gasteiger partial charge on any atom is -0.492 e. The van der Waals surface area contributed by atoms with Crippen LogP contribution in [0.5, 0.6) is 5.75 Å². The Kier molecular flexibility index (Phi) is 4.74. The molecule has 1 aromatic heterocycles. The second-order valence-corrected chi connectivity index (χ2v) is 5.07. The summed E-state index contributed by atoms with van der Waals surface area (Å²) in [4.78, 5) is 2.10. The molecule has 0 aliphatic heterocycles. The van der Waals surface area contributed by atoms with Crippen molar-refractivity contribution in [2.24, 2.45) is 0 Å². The van der Waals surface area contributed by atoms with Crippen molar-refractivity contribution in [3.05, 3.63) is 41.1 Å². The maximum Gasteiger partial charge on any atom is 0.230 e. The first-order chi connectivity index (χ1) is 9.54. The van der Waals surface area contributed by atoms with Crippen LogP contribution in [0.15, 0.2) is 22.6 Å². The third-order valence-corrected chi connectivity index (χ3v) is 3.05. The molecule has 0 aliphatic rings. The molecule has 0 unspecified atom stereocenters. The zero-order chi connectivity index (χ0) is 14.5. The molecule has 5 heteroatoms. The first-order valence-corrected chi connectivity index (χ1v) is 6.72. The molecule has 0 atom stereocenters. The lowest BCUT2D eigenvalue weighted by molar-refractivity contribution is 0.218. The van der Waals surface area contributed by atoms with E-state index >= 15 is 0 Å². The van der Waals surface area contributed by atoms with E-state index in [0.717, 1.165) is 17.9 Å². The molecular weight excluding hydrogens is 254 g/mol. The molecule has 20 heavy (non-hydrogen) atoms. The molecular formula is C15H21N3O2. The molecule has 5 nitrogen and oxygen atoms in total. The zero-order valence-corrected chi connectivity index (χ0v) is 12.5. The fourth-order valence-corrected chi connectivity index (χ4v) is 1.89. The predicted molar refractivity (Wildman–Crippen MR) is 76.8 cm³/mol. The Hall–Kier alpha value is -1.88. The van der Waals surface area contributed by atoms with Crippen molar-refractivity contribution in [2.75, 3.05) is 20.2 Å². The molecule has 0 fully saturated rings. The van der Waals surface area contributed by atoms with E-state index < -0.39 is 0 Å². The van der Waals surface area contributed by atoms with Gasteiger partial charge in [0, 0.05) is 13.5 Å². The van der Waals surface area contributed by atoms with E-state index in [1.807, 2.05) is 7.05 Å². The highest BCUT2D eigenvalue weighted by atomic mass is 16.5. The Balaban J connectivity index is 1.79. The van der Waals surface area contributed by atoms with Gasteiger partial charge in [-0.1, -0.05) is 12.1 Å². The van der Waals surface area contributed by atoms with Crippen LogP contribution >= 0.6 is 0 Å². The number of nitrogens with zero attached hydrogens (tertiary/aromatic N) is 3. The van der Waals surface area contributed by atoms with E-state index in [0.29, 0.717) is 24.9 Å². The summed E-state index contributed by atoms with van der Waals surface area (Å²) < 4.78 is 11.2. The number of hydrogen-bond acceptors (Lipinski definition) is 5. The van der Waals surface area contributed by atoms with Gasteiger partial charge in [0.25, 0.3) is 0 Å². The molecule has 1 aromatic carbocycles. The van der Waals surface area contributed by atoms with Crippen molar-refractivity contribution < 1.29 is 9.15 Å². The van der Waals surface area contributed by atoms with Gasteiger partial charge < -0.3 is 9.15 Å². The van der Waals surface area contributed by atoms with Gasteiger partial charge in [-0.25, -0.2) is 0 Å². The van der Waals surface area contributed by atoms with E-state index in [1.165, 1.54) is 5.56 Å². The van der Waals surface area contributed by atoms with Crippen LogP contribution in [0.4, 0.5) is 0 Å². The van der Waals surface area contributed by atoms with Crippen molar-refractivity contribution >= 4 is 0 Å². The lowest BCUT2D eigenvalue weighted by atomic mass is 10.1. The highest BCUT2D eigenvalue weighted by molar-refractivity contribution is 5.35. The normalized spacial score (nSPS) is 11.1. The Labute approximate surface area is 119 Å². The summed E-state index contributed by atoms with van der Waals surface area (Å²) in [5, 5.41) is 7.79. The van der Waals surface area contributed by atoms with Crippen molar-refractivity contribution in [1.29, 1.82) is 0 Å². The fourth-order valence-electron chi connectivity index (χ4n) is 1.89. The second-order valence-electron chi connectivity index (χ2n) is 5.07. The molecule has 2 rings (SSSR count). The van der Waals surface area contributed by atoms with Gasteiger partial charge in [-0.15, -0.1) is 10.2 Å². The lowest BCUT2D eigenvalue weighted by Gasteiger charge is -2.16. The third kappa shape index (κ3) is 4.06. The Morgan fingerprint density at radius 2 is 2.00 bits per heavy atom. The maximum atomic E-state index is 5.82. The van der Waals surface area contributed by atoms with Gasteiger partial charge in [0.15, 0.2) is 0 Å². The second kappa shape index (κ2) is 6.52. The lowest BCUT2D eigenvalue weighted by Crippen LogP contribution is -2.24. The average Bonchev–Trinajstić information content (AvgIpc) is 2.79. The molecule has 0 N–H and O–H groups in total. The number of aromatic nitrogens is 2. The Bertz CT molecular complexity index is 566. The number of rotatable bonds is 6. The highest BCUT2D eigenvalue weighted by Crippen LogP contribution is 2.18. The van der Waals surface area contributed by atoms with E-state index in [4.69, 9.17) is 9.15 Å². The molecule has 0 bridgehead atoms. The molecule has 2 aromatic rings. The molecule has 1 heterocycles. The monoisotopic (exact) mass is 275 g/mol. The number of benzene rings is 1. The van der Waals surface area contributed by atoms with E-state index in [-0.39, 0.29) is 0 Å². The van der Waals surface area contributed by atoms with Gasteiger partial charge in [-0.3, -0.25) is 4.90 Å². The third-order valence-electron chi connectivity index (χ3n) is 3.05. The summed E-state index contributed by atoms with van der Waals surface area (Å²) >= 11 is 0. The highest BCUT2D eigenvalue weighted by Gasteiger charge is 2.07.